The van der Waals surface area contributed by atoms with Crippen LogP contribution in [-0.4, -0.2) is 17.3 Å². The maximum Gasteiger partial charge on any atom is 0.227 e. The topological polar surface area (TPSA) is 29.1 Å². The van der Waals surface area contributed by atoms with Crippen LogP contribution in [0.15, 0.2) is 0 Å². The van der Waals surface area contributed by atoms with E-state index in [9.17, 15) is 4.79 Å². The predicted molar refractivity (Wildman–Crippen MR) is 67.5 cm³/mol. The maximum absolute atomic E-state index is 12.3. The molecule has 0 radical (unpaired) electrons. The van der Waals surface area contributed by atoms with E-state index in [1.807, 2.05) is 0 Å². The molecule has 92 valence electrons. The van der Waals surface area contributed by atoms with E-state index in [1.165, 1.54) is 6.42 Å². The summed E-state index contributed by atoms with van der Waals surface area (Å²) in [5.74, 6) is 3.94. The quantitative estimate of drug-likeness (QED) is 0.592. The largest absolute Gasteiger partial charge is 0.345 e. The first kappa shape index (κ1) is 11.4. The van der Waals surface area contributed by atoms with Crippen molar-refractivity contribution in [1.29, 1.82) is 0 Å². The summed E-state index contributed by atoms with van der Waals surface area (Å²) in [4.78, 5) is 12.2. The lowest BCUT2D eigenvalue weighted by Crippen LogP contribution is -2.58. The fraction of sp³-hybridized carbons (Fsp3) is 0.786. The van der Waals surface area contributed by atoms with Crippen molar-refractivity contribution in [2.45, 2.75) is 43.4 Å². The van der Waals surface area contributed by atoms with Crippen molar-refractivity contribution in [3.63, 3.8) is 0 Å². The minimum Gasteiger partial charge on any atom is -0.345 e. The molecule has 0 aromatic carbocycles. The zero-order chi connectivity index (χ0) is 12.1. The molecule has 0 aromatic rings. The minimum absolute atomic E-state index is 0.0996. The van der Waals surface area contributed by atoms with Gasteiger partial charge in [0.05, 0.1) is 12.0 Å². The van der Waals surface area contributed by atoms with Crippen LogP contribution in [0.4, 0.5) is 0 Å². The van der Waals surface area contributed by atoms with E-state index in [-0.39, 0.29) is 16.2 Å². The highest BCUT2D eigenvalue weighted by atomic mass is 35.5. The van der Waals surface area contributed by atoms with Gasteiger partial charge in [-0.05, 0) is 50.4 Å². The van der Waals surface area contributed by atoms with Crippen LogP contribution >= 0.6 is 11.6 Å². The highest BCUT2D eigenvalue weighted by Crippen LogP contribution is 2.63. The Morgan fingerprint density at radius 3 is 2.53 bits per heavy atom. The molecule has 4 bridgehead atoms. The van der Waals surface area contributed by atoms with Gasteiger partial charge in [0.2, 0.25) is 5.91 Å². The Kier molecular flexibility index (Phi) is 2.45. The molecule has 1 amide bonds. The van der Waals surface area contributed by atoms with Crippen molar-refractivity contribution < 1.29 is 4.79 Å². The lowest BCUT2D eigenvalue weighted by Gasteiger charge is -2.59. The van der Waals surface area contributed by atoms with Gasteiger partial charge in [-0.3, -0.25) is 4.79 Å². The summed E-state index contributed by atoms with van der Waals surface area (Å²) >= 11 is 6.68. The zero-order valence-corrected chi connectivity index (χ0v) is 10.7. The number of halogens is 1. The molecule has 2 atom stereocenters. The highest BCUT2D eigenvalue weighted by molar-refractivity contribution is 6.24. The Hall–Kier alpha value is -0.680. The van der Waals surface area contributed by atoms with E-state index in [0.717, 1.165) is 32.1 Å². The second-order valence-corrected chi connectivity index (χ2v) is 7.08. The SMILES string of the molecule is C#CCNC(=O)C12C[C@H]3C[C@@H](CC(Cl)(C3)C1)C2. The first-order valence-electron chi connectivity index (χ1n) is 6.46. The second-order valence-electron chi connectivity index (χ2n) is 6.28. The van der Waals surface area contributed by atoms with Gasteiger partial charge in [0.15, 0.2) is 0 Å². The van der Waals surface area contributed by atoms with E-state index in [1.54, 1.807) is 0 Å². The van der Waals surface area contributed by atoms with Crippen LogP contribution in [-0.2, 0) is 4.79 Å². The molecular formula is C14H18ClNO. The molecule has 0 unspecified atom stereocenters. The van der Waals surface area contributed by atoms with Crippen LogP contribution in [0.25, 0.3) is 0 Å². The van der Waals surface area contributed by atoms with Crippen molar-refractivity contribution in [3.8, 4) is 12.3 Å². The third-order valence-electron chi connectivity index (χ3n) is 4.82. The molecule has 0 aromatic heterocycles. The van der Waals surface area contributed by atoms with Crippen LogP contribution in [0.1, 0.15) is 38.5 Å². The molecule has 4 saturated carbocycles. The van der Waals surface area contributed by atoms with E-state index < -0.39 is 0 Å². The van der Waals surface area contributed by atoms with Gasteiger partial charge >= 0.3 is 0 Å². The predicted octanol–water partition coefficient (Wildman–Crippen LogP) is 2.31. The van der Waals surface area contributed by atoms with Crippen LogP contribution < -0.4 is 5.32 Å². The summed E-state index contributed by atoms with van der Waals surface area (Å²) in [7, 11) is 0. The molecule has 3 heteroatoms. The molecule has 0 spiro atoms. The van der Waals surface area contributed by atoms with Crippen molar-refractivity contribution in [2.75, 3.05) is 6.54 Å². The molecule has 4 aliphatic rings. The number of hydrogen-bond acceptors (Lipinski definition) is 1. The minimum atomic E-state index is -0.206. The van der Waals surface area contributed by atoms with Gasteiger partial charge in [0.25, 0.3) is 0 Å². The van der Waals surface area contributed by atoms with Gasteiger partial charge in [-0.2, -0.15) is 0 Å². The number of rotatable bonds is 2. The monoisotopic (exact) mass is 251 g/mol. The molecule has 4 fully saturated rings. The Balaban J connectivity index is 1.83. The van der Waals surface area contributed by atoms with Gasteiger partial charge < -0.3 is 5.32 Å². The molecule has 0 heterocycles. The molecule has 0 aliphatic heterocycles. The first-order chi connectivity index (χ1) is 8.05. The summed E-state index contributed by atoms with van der Waals surface area (Å²) in [6.07, 6.45) is 11.6. The number of hydrogen-bond donors (Lipinski definition) is 1. The summed E-state index contributed by atoms with van der Waals surface area (Å²) < 4.78 is 0. The number of carbonyl (C=O) groups is 1. The van der Waals surface area contributed by atoms with Gasteiger partial charge in [-0.15, -0.1) is 18.0 Å². The lowest BCUT2D eigenvalue weighted by molar-refractivity contribution is -0.144. The summed E-state index contributed by atoms with van der Waals surface area (Å²) in [5.41, 5.74) is -0.206. The molecule has 4 aliphatic carbocycles. The second kappa shape index (κ2) is 3.65. The van der Waals surface area contributed by atoms with E-state index in [2.05, 4.69) is 11.2 Å². The fourth-order valence-electron chi connectivity index (χ4n) is 4.74. The number of carbonyl (C=O) groups excluding carboxylic acids is 1. The maximum atomic E-state index is 12.3. The third-order valence-corrected chi connectivity index (χ3v) is 5.26. The van der Waals surface area contributed by atoms with E-state index in [4.69, 9.17) is 18.0 Å². The molecule has 4 rings (SSSR count). The molecular weight excluding hydrogens is 234 g/mol. The Labute approximate surface area is 107 Å². The number of nitrogens with one attached hydrogen (secondary N) is 1. The van der Waals surface area contributed by atoms with Crippen LogP contribution in [0, 0.1) is 29.6 Å². The van der Waals surface area contributed by atoms with Crippen molar-refractivity contribution in [1.82, 2.24) is 5.32 Å². The fourth-order valence-corrected chi connectivity index (χ4v) is 5.43. The van der Waals surface area contributed by atoms with Gasteiger partial charge in [-0.1, -0.05) is 5.92 Å². The van der Waals surface area contributed by atoms with Crippen molar-refractivity contribution in [3.05, 3.63) is 0 Å². The normalized spacial score (nSPS) is 46.6. The summed E-state index contributed by atoms with van der Waals surface area (Å²) in [6, 6.07) is 0. The first-order valence-corrected chi connectivity index (χ1v) is 6.84. The summed E-state index contributed by atoms with van der Waals surface area (Å²) in [5, 5.41) is 2.87. The average Bonchev–Trinajstić information content (AvgIpc) is 2.22. The standard InChI is InChI=1S/C14H18ClNO/c1-2-3-16-12(17)13-5-10-4-11(6-13)8-14(15,7-10)9-13/h1,10-11H,3-9H2,(H,16,17)/t10-,11-,13?,14?/m1/s1. The van der Waals surface area contributed by atoms with E-state index in [0.29, 0.717) is 18.4 Å². The van der Waals surface area contributed by atoms with Gasteiger partial charge in [0.1, 0.15) is 0 Å². The van der Waals surface area contributed by atoms with Crippen LogP contribution in [0.3, 0.4) is 0 Å². The third kappa shape index (κ3) is 1.76. The van der Waals surface area contributed by atoms with E-state index >= 15 is 0 Å². The molecule has 17 heavy (non-hydrogen) atoms. The van der Waals surface area contributed by atoms with Gasteiger partial charge in [0, 0.05) is 4.87 Å². The Morgan fingerprint density at radius 2 is 2.00 bits per heavy atom. The average molecular weight is 252 g/mol. The molecule has 1 N–H and O–H groups in total. The zero-order valence-electron chi connectivity index (χ0n) is 9.97. The molecule has 2 nitrogen and oxygen atoms in total. The van der Waals surface area contributed by atoms with Crippen LogP contribution in [0.2, 0.25) is 0 Å². The summed E-state index contributed by atoms with van der Waals surface area (Å²) in [6.45, 7) is 0.338. The Bertz CT molecular complexity index is 384. The smallest absolute Gasteiger partial charge is 0.227 e. The van der Waals surface area contributed by atoms with Crippen LogP contribution in [0.5, 0.6) is 0 Å². The Morgan fingerprint density at radius 1 is 1.35 bits per heavy atom. The van der Waals surface area contributed by atoms with Crippen molar-refractivity contribution >= 4 is 17.5 Å². The number of amides is 1. The van der Waals surface area contributed by atoms with Crippen molar-refractivity contribution in [2.24, 2.45) is 17.3 Å². The van der Waals surface area contributed by atoms with Gasteiger partial charge in [-0.25, -0.2) is 0 Å². The lowest BCUT2D eigenvalue weighted by atomic mass is 9.49. The number of alkyl halides is 1. The molecule has 0 saturated heterocycles. The number of terminal acetylenes is 1. The highest BCUT2D eigenvalue weighted by Gasteiger charge is 2.59.